The van der Waals surface area contributed by atoms with Gasteiger partial charge in [-0.05, 0) is 135 Å². The van der Waals surface area contributed by atoms with Crippen LogP contribution in [0.5, 0.6) is 0 Å². The second kappa shape index (κ2) is 69.3. The lowest BCUT2D eigenvalue weighted by Gasteiger charge is -2.18. The van der Waals surface area contributed by atoms with Gasteiger partial charge in [0.05, 0.1) is 0 Å². The van der Waals surface area contributed by atoms with Gasteiger partial charge in [0, 0.05) is 19.3 Å². The van der Waals surface area contributed by atoms with Crippen molar-refractivity contribution < 1.29 is 28.6 Å². The Hall–Kier alpha value is -5.23. The average molecular weight is 1140 g/mol. The molecule has 83 heavy (non-hydrogen) atoms. The summed E-state index contributed by atoms with van der Waals surface area (Å²) in [4.78, 5) is 38.0. The van der Waals surface area contributed by atoms with E-state index < -0.39 is 6.10 Å². The van der Waals surface area contributed by atoms with Crippen molar-refractivity contribution in [1.82, 2.24) is 0 Å². The van der Waals surface area contributed by atoms with Gasteiger partial charge in [0.2, 0.25) is 0 Å². The van der Waals surface area contributed by atoms with Crippen molar-refractivity contribution in [1.29, 1.82) is 0 Å². The highest BCUT2D eigenvalue weighted by molar-refractivity contribution is 5.71. The van der Waals surface area contributed by atoms with Crippen LogP contribution < -0.4 is 0 Å². The van der Waals surface area contributed by atoms with Gasteiger partial charge in [0.25, 0.3) is 0 Å². The second-order valence-corrected chi connectivity index (χ2v) is 21.6. The minimum Gasteiger partial charge on any atom is -0.462 e. The Bertz CT molecular complexity index is 1890. The van der Waals surface area contributed by atoms with Crippen LogP contribution in [0.2, 0.25) is 0 Å². The summed E-state index contributed by atoms with van der Waals surface area (Å²) in [6.07, 6.45) is 103. The Kier molecular flexibility index (Phi) is 64.9. The smallest absolute Gasteiger partial charge is 0.306 e. The van der Waals surface area contributed by atoms with Crippen LogP contribution in [0.25, 0.3) is 0 Å². The molecule has 0 saturated carbocycles. The Morgan fingerprint density at radius 3 is 0.735 bits per heavy atom. The number of ether oxygens (including phenoxy) is 3. The van der Waals surface area contributed by atoms with E-state index in [0.29, 0.717) is 19.3 Å². The van der Waals surface area contributed by atoms with E-state index in [4.69, 9.17) is 14.2 Å². The van der Waals surface area contributed by atoms with E-state index in [2.05, 4.69) is 191 Å². The molecule has 0 aliphatic carbocycles. The zero-order valence-corrected chi connectivity index (χ0v) is 53.4. The Labute approximate surface area is 511 Å². The molecule has 0 spiro atoms. The fourth-order valence-corrected chi connectivity index (χ4v) is 8.76. The fourth-order valence-electron chi connectivity index (χ4n) is 8.76. The first kappa shape index (κ1) is 77.8. The Morgan fingerprint density at radius 2 is 0.470 bits per heavy atom. The van der Waals surface area contributed by atoms with Gasteiger partial charge in [0.15, 0.2) is 6.10 Å². The quantitative estimate of drug-likeness (QED) is 0.0261. The number of carbonyl (C=O) groups excluding carboxylic acids is 3. The monoisotopic (exact) mass is 1140 g/mol. The summed E-state index contributed by atoms with van der Waals surface area (Å²) >= 11 is 0. The average Bonchev–Trinajstić information content (AvgIpc) is 3.49. The summed E-state index contributed by atoms with van der Waals surface area (Å²) in [7, 11) is 0. The maximum absolute atomic E-state index is 12.9. The van der Waals surface area contributed by atoms with E-state index in [9.17, 15) is 14.4 Å². The third-order valence-corrected chi connectivity index (χ3v) is 13.7. The highest BCUT2D eigenvalue weighted by atomic mass is 16.6. The lowest BCUT2D eigenvalue weighted by molar-refractivity contribution is -0.167. The first-order valence-corrected chi connectivity index (χ1v) is 33.6. The fraction of sp³-hybridized carbons (Fsp3) is 0.597. The van der Waals surface area contributed by atoms with Crippen molar-refractivity contribution in [3.63, 3.8) is 0 Å². The van der Waals surface area contributed by atoms with Gasteiger partial charge in [-0.2, -0.15) is 0 Å². The van der Waals surface area contributed by atoms with Crippen LogP contribution in [0, 0.1) is 0 Å². The number of hydrogen-bond acceptors (Lipinski definition) is 6. The van der Waals surface area contributed by atoms with E-state index >= 15 is 0 Å². The van der Waals surface area contributed by atoms with Crippen molar-refractivity contribution in [2.45, 2.75) is 284 Å². The van der Waals surface area contributed by atoms with Crippen molar-refractivity contribution in [3.05, 3.63) is 170 Å². The Morgan fingerprint density at radius 1 is 0.253 bits per heavy atom. The molecule has 1 atom stereocenters. The molecule has 0 aromatic rings. The van der Waals surface area contributed by atoms with Crippen molar-refractivity contribution >= 4 is 17.9 Å². The van der Waals surface area contributed by atoms with Crippen LogP contribution in [0.3, 0.4) is 0 Å². The molecule has 6 heteroatoms. The van der Waals surface area contributed by atoms with E-state index in [0.717, 1.165) is 180 Å². The zero-order valence-electron chi connectivity index (χ0n) is 53.4. The highest BCUT2D eigenvalue weighted by Gasteiger charge is 2.19. The molecule has 0 fully saturated rings. The van der Waals surface area contributed by atoms with Gasteiger partial charge in [-0.15, -0.1) is 0 Å². The molecule has 0 aliphatic heterocycles. The van der Waals surface area contributed by atoms with Crippen LogP contribution in [0.4, 0.5) is 0 Å². The molecule has 0 rings (SSSR count). The zero-order chi connectivity index (χ0) is 59.9. The Balaban J connectivity index is 4.12. The topological polar surface area (TPSA) is 78.9 Å². The first-order valence-electron chi connectivity index (χ1n) is 33.6. The van der Waals surface area contributed by atoms with Gasteiger partial charge < -0.3 is 14.2 Å². The largest absolute Gasteiger partial charge is 0.462 e. The molecule has 0 amide bonds. The van der Waals surface area contributed by atoms with Crippen LogP contribution >= 0.6 is 0 Å². The standard InChI is InChI=1S/C77H122O6/c1-4-7-10-13-15-17-19-21-23-25-27-29-31-33-35-37-38-40-41-43-45-47-49-51-53-55-57-59-61-64-67-70-76(79)82-73-74(72-81-75(78)69-66-63-12-9-6-3)83-77(80)71-68-65-62-60-58-56-54-52-50-48-46-44-42-39-36-34-32-30-28-26-24-22-20-18-16-14-11-8-5-2/h7-8,10-11,15-18,21-24,27-30,33-36,38,40,42-45,48,50,74H,4-6,9,12-14,19-20,25-26,31-32,37,39,41,46-47,49,51-73H2,1-3H3/b10-7-,11-8-,17-15-,18-16-,23-21-,24-22-,29-27-,30-28-,35-33-,36-34-,40-38-,44-42-,45-43-,50-48-. The van der Waals surface area contributed by atoms with Crippen molar-refractivity contribution in [2.24, 2.45) is 0 Å². The lowest BCUT2D eigenvalue weighted by Crippen LogP contribution is -2.30. The molecule has 0 aromatic heterocycles. The predicted octanol–water partition coefficient (Wildman–Crippen LogP) is 23.4. The van der Waals surface area contributed by atoms with E-state index in [1.807, 2.05) is 0 Å². The highest BCUT2D eigenvalue weighted by Crippen LogP contribution is 2.15. The molecule has 0 heterocycles. The number of hydrogen-bond donors (Lipinski definition) is 0. The predicted molar refractivity (Wildman–Crippen MR) is 361 cm³/mol. The van der Waals surface area contributed by atoms with Crippen LogP contribution in [-0.2, 0) is 28.6 Å². The molecule has 0 saturated heterocycles. The van der Waals surface area contributed by atoms with Gasteiger partial charge in [-0.1, -0.05) is 294 Å². The van der Waals surface area contributed by atoms with Crippen molar-refractivity contribution in [2.75, 3.05) is 13.2 Å². The molecule has 466 valence electrons. The molecule has 1 unspecified atom stereocenters. The maximum atomic E-state index is 12.9. The SMILES string of the molecule is CC/C=C\C/C=C\C/C=C\C/C=C\C/C=C\C/C=C\C/C=C\CCCCCCCCCCCC(=O)OCC(COC(=O)CCCCCCC)OC(=O)CCCCCCCCC/C=C\C/C=C\C/C=C\C/C=C\C/C=C\C/C=C\C/C=C\CC. The number of carbonyl (C=O) groups is 3. The minimum absolute atomic E-state index is 0.0910. The number of esters is 3. The van der Waals surface area contributed by atoms with Gasteiger partial charge in [-0.25, -0.2) is 0 Å². The molecule has 6 nitrogen and oxygen atoms in total. The molecule has 0 N–H and O–H groups in total. The van der Waals surface area contributed by atoms with Gasteiger partial charge >= 0.3 is 17.9 Å². The maximum Gasteiger partial charge on any atom is 0.306 e. The summed E-state index contributed by atoms with van der Waals surface area (Å²) < 4.78 is 16.8. The van der Waals surface area contributed by atoms with E-state index in [1.54, 1.807) is 0 Å². The third-order valence-electron chi connectivity index (χ3n) is 13.7. The number of unbranched alkanes of at least 4 members (excludes halogenated alkanes) is 20. The van der Waals surface area contributed by atoms with Gasteiger partial charge in [0.1, 0.15) is 13.2 Å². The summed E-state index contributed by atoms with van der Waals surface area (Å²) in [6, 6.07) is 0. The third kappa shape index (κ3) is 67.4. The van der Waals surface area contributed by atoms with Crippen LogP contribution in [0.1, 0.15) is 278 Å². The molecule has 0 aromatic carbocycles. The molecule has 0 radical (unpaired) electrons. The lowest BCUT2D eigenvalue weighted by atomic mass is 10.1. The van der Waals surface area contributed by atoms with E-state index in [-0.39, 0.29) is 31.1 Å². The summed E-state index contributed by atoms with van der Waals surface area (Å²) in [6.45, 7) is 6.31. The summed E-state index contributed by atoms with van der Waals surface area (Å²) in [5, 5.41) is 0. The van der Waals surface area contributed by atoms with Crippen LogP contribution in [0.15, 0.2) is 170 Å². The minimum atomic E-state index is -0.792. The first-order chi connectivity index (χ1) is 41.0. The van der Waals surface area contributed by atoms with Gasteiger partial charge in [-0.3, -0.25) is 14.4 Å². The van der Waals surface area contributed by atoms with E-state index in [1.165, 1.54) is 57.8 Å². The summed E-state index contributed by atoms with van der Waals surface area (Å²) in [5.74, 6) is -0.926. The molecular weight excluding hydrogens is 1020 g/mol. The summed E-state index contributed by atoms with van der Waals surface area (Å²) in [5.41, 5.74) is 0. The normalized spacial score (nSPS) is 13.2. The number of rotatable bonds is 59. The van der Waals surface area contributed by atoms with Crippen molar-refractivity contribution in [3.8, 4) is 0 Å². The molecule has 0 aliphatic rings. The number of allylic oxidation sites excluding steroid dienone is 28. The molecular formula is C77H122O6. The van der Waals surface area contributed by atoms with Crippen LogP contribution in [-0.4, -0.2) is 37.2 Å². The molecule has 0 bridgehead atoms. The second-order valence-electron chi connectivity index (χ2n) is 21.6.